The van der Waals surface area contributed by atoms with E-state index in [0.717, 1.165) is 23.3 Å². The van der Waals surface area contributed by atoms with Crippen LogP contribution in [0.3, 0.4) is 0 Å². The third-order valence-corrected chi connectivity index (χ3v) is 6.96. The van der Waals surface area contributed by atoms with Crippen LogP contribution in [0.15, 0.2) is 58.4 Å². The number of aromatic amines is 1. The fraction of sp³-hybridized carbons (Fsp3) is 0.250. The van der Waals surface area contributed by atoms with Gasteiger partial charge in [0.1, 0.15) is 5.76 Å². The smallest absolute Gasteiger partial charge is 0.243 e. The molecule has 0 amide bonds. The Morgan fingerprint density at radius 2 is 2.14 bits per heavy atom. The van der Waals surface area contributed by atoms with Crippen LogP contribution >= 0.6 is 0 Å². The molecular weight excluding hydrogens is 390 g/mol. The Bertz CT molecular complexity index is 1260. The van der Waals surface area contributed by atoms with Crippen molar-refractivity contribution in [3.63, 3.8) is 0 Å². The highest BCUT2D eigenvalue weighted by atomic mass is 32.2. The summed E-state index contributed by atoms with van der Waals surface area (Å²) in [5, 5.41) is 0. The van der Waals surface area contributed by atoms with Gasteiger partial charge in [0, 0.05) is 31.8 Å². The minimum absolute atomic E-state index is 0.217. The maximum atomic E-state index is 13.1. The maximum absolute atomic E-state index is 13.1. The summed E-state index contributed by atoms with van der Waals surface area (Å²) in [4.78, 5) is 16.0. The molecule has 0 unspecified atom stereocenters. The highest BCUT2D eigenvalue weighted by Gasteiger charge is 2.31. The molecule has 0 bridgehead atoms. The Morgan fingerprint density at radius 3 is 3.00 bits per heavy atom. The van der Waals surface area contributed by atoms with Gasteiger partial charge in [-0.1, -0.05) is 6.07 Å². The molecule has 29 heavy (non-hydrogen) atoms. The summed E-state index contributed by atoms with van der Waals surface area (Å²) < 4.78 is 33.5. The van der Waals surface area contributed by atoms with Crippen LogP contribution in [0.5, 0.6) is 0 Å². The van der Waals surface area contributed by atoms with Gasteiger partial charge in [-0.2, -0.15) is 4.31 Å². The molecule has 3 aromatic heterocycles. The van der Waals surface area contributed by atoms with Crippen molar-refractivity contribution in [2.45, 2.75) is 30.7 Å². The van der Waals surface area contributed by atoms with Crippen molar-refractivity contribution in [2.24, 2.45) is 0 Å². The number of nitrogens with one attached hydrogen (secondary N) is 1. The number of hydrogen-bond donors (Lipinski definition) is 1. The number of imidazole rings is 1. The van der Waals surface area contributed by atoms with Gasteiger partial charge in [-0.25, -0.2) is 18.4 Å². The van der Waals surface area contributed by atoms with Gasteiger partial charge < -0.3 is 9.40 Å². The molecule has 0 fully saturated rings. The first-order valence-electron chi connectivity index (χ1n) is 9.39. The molecule has 4 heterocycles. The van der Waals surface area contributed by atoms with Crippen LogP contribution in [0.2, 0.25) is 0 Å². The average molecular weight is 409 g/mol. The highest BCUT2D eigenvalue weighted by molar-refractivity contribution is 7.89. The number of nitrogens with zero attached hydrogens (tertiary/aromatic N) is 4. The van der Waals surface area contributed by atoms with Gasteiger partial charge in [-0.05, 0) is 36.2 Å². The predicted molar refractivity (Wildman–Crippen MR) is 106 cm³/mol. The van der Waals surface area contributed by atoms with Crippen LogP contribution in [0.4, 0.5) is 0 Å². The molecule has 0 saturated heterocycles. The minimum Gasteiger partial charge on any atom is -0.445 e. The lowest BCUT2D eigenvalue weighted by Gasteiger charge is -2.24. The minimum atomic E-state index is -3.62. The van der Waals surface area contributed by atoms with E-state index in [4.69, 9.17) is 4.42 Å². The number of rotatable bonds is 5. The highest BCUT2D eigenvalue weighted by Crippen LogP contribution is 2.27. The molecule has 1 aromatic carbocycles. The lowest BCUT2D eigenvalue weighted by molar-refractivity contribution is 0.356. The zero-order valence-electron chi connectivity index (χ0n) is 15.6. The molecule has 0 radical (unpaired) electrons. The third kappa shape index (κ3) is 3.43. The monoisotopic (exact) mass is 409 g/mol. The molecule has 9 heteroatoms. The Kier molecular flexibility index (Phi) is 4.40. The lowest BCUT2D eigenvalue weighted by Crippen LogP contribution is -2.35. The van der Waals surface area contributed by atoms with Gasteiger partial charge in [0.05, 0.1) is 34.5 Å². The van der Waals surface area contributed by atoms with Gasteiger partial charge in [0.2, 0.25) is 10.0 Å². The van der Waals surface area contributed by atoms with Crippen molar-refractivity contribution >= 4 is 21.1 Å². The van der Waals surface area contributed by atoms with Crippen molar-refractivity contribution in [2.75, 3.05) is 6.54 Å². The van der Waals surface area contributed by atoms with Gasteiger partial charge in [-0.3, -0.25) is 4.98 Å². The number of fused-ring (bicyclic) bond motifs is 2. The van der Waals surface area contributed by atoms with E-state index < -0.39 is 10.0 Å². The summed E-state index contributed by atoms with van der Waals surface area (Å²) >= 11 is 0. The molecule has 4 aromatic rings. The average Bonchev–Trinajstić information content (AvgIpc) is 3.38. The number of sulfonamides is 1. The van der Waals surface area contributed by atoms with Crippen LogP contribution in [0.25, 0.3) is 11.0 Å². The number of benzene rings is 1. The fourth-order valence-corrected chi connectivity index (χ4v) is 4.99. The summed E-state index contributed by atoms with van der Waals surface area (Å²) in [6.45, 7) is 0.586. The van der Waals surface area contributed by atoms with Crippen molar-refractivity contribution in [1.82, 2.24) is 24.2 Å². The summed E-state index contributed by atoms with van der Waals surface area (Å²) in [5.74, 6) is 1.42. The molecule has 0 aliphatic carbocycles. The first kappa shape index (κ1) is 18.0. The first-order chi connectivity index (χ1) is 14.1. The van der Waals surface area contributed by atoms with E-state index in [1.807, 2.05) is 18.3 Å². The molecule has 148 valence electrons. The van der Waals surface area contributed by atoms with E-state index in [1.54, 1.807) is 30.7 Å². The second kappa shape index (κ2) is 7.09. The largest absolute Gasteiger partial charge is 0.445 e. The normalized spacial score (nSPS) is 14.9. The second-order valence-electron chi connectivity index (χ2n) is 7.01. The predicted octanol–water partition coefficient (Wildman–Crippen LogP) is 2.48. The maximum Gasteiger partial charge on any atom is 0.243 e. The van der Waals surface area contributed by atoms with E-state index in [0.29, 0.717) is 36.5 Å². The number of aromatic nitrogens is 4. The molecule has 1 aliphatic heterocycles. The van der Waals surface area contributed by atoms with Gasteiger partial charge in [0.15, 0.2) is 5.89 Å². The standard InChI is InChI=1S/C20H19N5O3S/c26-29(27,15-4-5-16-17(10-15)23-13-22-16)25-9-7-19-18(12-25)24-20(28-19)6-3-14-2-1-8-21-11-14/h1-2,4-5,8,10-11,13H,3,6-7,9,12H2,(H,22,23). The quantitative estimate of drug-likeness (QED) is 0.543. The van der Waals surface area contributed by atoms with Crippen molar-refractivity contribution in [3.05, 3.63) is 72.0 Å². The summed E-state index contributed by atoms with van der Waals surface area (Å²) in [6, 6.07) is 8.84. The van der Waals surface area contributed by atoms with E-state index in [-0.39, 0.29) is 11.4 Å². The molecule has 8 nitrogen and oxygen atoms in total. The number of hydrogen-bond acceptors (Lipinski definition) is 6. The summed E-state index contributed by atoms with van der Waals surface area (Å²) in [5.41, 5.74) is 3.24. The molecule has 0 atom stereocenters. The summed E-state index contributed by atoms with van der Waals surface area (Å²) in [6.07, 6.45) is 7.07. The molecule has 1 aliphatic rings. The zero-order valence-corrected chi connectivity index (χ0v) is 16.4. The molecular formula is C20H19N5O3S. The van der Waals surface area contributed by atoms with Crippen molar-refractivity contribution < 1.29 is 12.8 Å². The van der Waals surface area contributed by atoms with E-state index in [9.17, 15) is 8.42 Å². The van der Waals surface area contributed by atoms with Crippen LogP contribution in [-0.2, 0) is 35.8 Å². The van der Waals surface area contributed by atoms with E-state index in [1.165, 1.54) is 4.31 Å². The van der Waals surface area contributed by atoms with Gasteiger partial charge in [0.25, 0.3) is 0 Å². The number of aryl methyl sites for hydroxylation is 2. The lowest BCUT2D eigenvalue weighted by atomic mass is 10.1. The van der Waals surface area contributed by atoms with Crippen LogP contribution in [0.1, 0.15) is 22.9 Å². The van der Waals surface area contributed by atoms with Crippen molar-refractivity contribution in [1.29, 1.82) is 0 Å². The van der Waals surface area contributed by atoms with E-state index in [2.05, 4.69) is 19.9 Å². The molecule has 0 saturated carbocycles. The Balaban J connectivity index is 1.34. The SMILES string of the molecule is O=S(=O)(c1ccc2nc[nH]c2c1)N1CCc2oc(CCc3cccnc3)nc2C1. The summed E-state index contributed by atoms with van der Waals surface area (Å²) in [7, 11) is -3.62. The molecule has 5 rings (SSSR count). The topological polar surface area (TPSA) is 105 Å². The fourth-order valence-electron chi connectivity index (χ4n) is 3.56. The second-order valence-corrected chi connectivity index (χ2v) is 8.95. The Hall–Kier alpha value is -3.04. The van der Waals surface area contributed by atoms with Gasteiger partial charge in [-0.15, -0.1) is 0 Å². The van der Waals surface area contributed by atoms with Crippen LogP contribution < -0.4 is 0 Å². The Labute approximate surface area is 167 Å². The van der Waals surface area contributed by atoms with Crippen LogP contribution in [0, 0.1) is 0 Å². The van der Waals surface area contributed by atoms with Crippen molar-refractivity contribution in [3.8, 4) is 0 Å². The Morgan fingerprint density at radius 1 is 1.21 bits per heavy atom. The first-order valence-corrected chi connectivity index (χ1v) is 10.8. The number of H-pyrrole nitrogens is 1. The number of pyridine rings is 1. The van der Waals surface area contributed by atoms with E-state index >= 15 is 0 Å². The third-order valence-electron chi connectivity index (χ3n) is 5.12. The molecule has 0 spiro atoms. The van der Waals surface area contributed by atoms with Gasteiger partial charge >= 0.3 is 0 Å². The van der Waals surface area contributed by atoms with Crippen LogP contribution in [-0.4, -0.2) is 39.2 Å². The molecule has 1 N–H and O–H groups in total. The number of oxazole rings is 1. The zero-order chi connectivity index (χ0) is 19.8.